The lowest BCUT2D eigenvalue weighted by Gasteiger charge is -2.05. The molecule has 0 aromatic heterocycles. The van der Waals surface area contributed by atoms with Crippen LogP contribution >= 0.6 is 0 Å². The fourth-order valence-electron chi connectivity index (χ4n) is 0.778. The molecule has 15 heavy (non-hydrogen) atoms. The minimum absolute atomic E-state index is 0.0673. The van der Waals surface area contributed by atoms with Crippen molar-refractivity contribution >= 4 is 11.8 Å². The zero-order valence-electron chi connectivity index (χ0n) is 9.27. The van der Waals surface area contributed by atoms with Gasteiger partial charge in [-0.3, -0.25) is 4.79 Å². The van der Waals surface area contributed by atoms with Crippen molar-refractivity contribution in [1.29, 1.82) is 0 Å². The van der Waals surface area contributed by atoms with Gasteiger partial charge in [0, 0.05) is 6.08 Å². The summed E-state index contributed by atoms with van der Waals surface area (Å²) >= 11 is 0. The molecule has 3 nitrogen and oxygen atoms in total. The van der Waals surface area contributed by atoms with Crippen molar-refractivity contribution in [3.8, 4) is 0 Å². The second-order valence-corrected chi connectivity index (χ2v) is 3.00. The predicted octanol–water partition coefficient (Wildman–Crippen LogP) is 2.20. The first-order valence-corrected chi connectivity index (χ1v) is 4.75. The maximum absolute atomic E-state index is 11.1. The van der Waals surface area contributed by atoms with E-state index in [4.69, 9.17) is 4.74 Å². The van der Waals surface area contributed by atoms with Crippen LogP contribution in [0.2, 0.25) is 0 Å². The summed E-state index contributed by atoms with van der Waals surface area (Å²) in [6, 6.07) is 0. The summed E-state index contributed by atoms with van der Waals surface area (Å²) in [5, 5.41) is 0. The first kappa shape index (κ1) is 13.4. The number of allylic oxidation sites excluding steroid dienone is 4. The molecule has 0 rings (SSSR count). The average Bonchev–Trinajstić information content (AvgIpc) is 2.15. The Morgan fingerprint density at radius 2 is 1.87 bits per heavy atom. The van der Waals surface area contributed by atoms with Crippen molar-refractivity contribution in [3.05, 3.63) is 36.5 Å². The Kier molecular flexibility index (Phi) is 6.89. The van der Waals surface area contributed by atoms with Crippen LogP contribution in [0.5, 0.6) is 0 Å². The molecule has 0 fully saturated rings. The molecule has 0 heterocycles. The van der Waals surface area contributed by atoms with Crippen molar-refractivity contribution in [2.24, 2.45) is 0 Å². The smallest absolute Gasteiger partial charge is 0.331 e. The maximum Gasteiger partial charge on any atom is 0.331 e. The highest BCUT2D eigenvalue weighted by Gasteiger charge is 2.01. The van der Waals surface area contributed by atoms with Gasteiger partial charge < -0.3 is 4.74 Å². The first-order valence-electron chi connectivity index (χ1n) is 4.75. The van der Waals surface area contributed by atoms with Gasteiger partial charge in [0.15, 0.2) is 5.78 Å². The van der Waals surface area contributed by atoms with Crippen molar-refractivity contribution in [2.45, 2.75) is 26.9 Å². The van der Waals surface area contributed by atoms with Gasteiger partial charge in [0.05, 0.1) is 0 Å². The van der Waals surface area contributed by atoms with E-state index >= 15 is 0 Å². The number of esters is 1. The van der Waals surface area contributed by atoms with E-state index in [-0.39, 0.29) is 5.78 Å². The van der Waals surface area contributed by atoms with Crippen LogP contribution in [0.25, 0.3) is 0 Å². The Balaban J connectivity index is 4.01. The molecule has 0 radical (unpaired) electrons. The van der Waals surface area contributed by atoms with E-state index in [1.165, 1.54) is 19.1 Å². The van der Waals surface area contributed by atoms with Gasteiger partial charge in [0.1, 0.15) is 6.10 Å². The molecule has 1 atom stereocenters. The third-order valence-electron chi connectivity index (χ3n) is 1.44. The lowest BCUT2D eigenvalue weighted by Crippen LogP contribution is -2.10. The molecule has 82 valence electrons. The number of carbonyl (C=O) groups excluding carboxylic acids is 2. The number of hydrogen-bond acceptors (Lipinski definition) is 3. The van der Waals surface area contributed by atoms with Crippen molar-refractivity contribution in [1.82, 2.24) is 0 Å². The van der Waals surface area contributed by atoms with E-state index in [0.29, 0.717) is 0 Å². The Labute approximate surface area is 90.1 Å². The van der Waals surface area contributed by atoms with E-state index in [1.807, 2.05) is 13.0 Å². The highest BCUT2D eigenvalue weighted by Crippen LogP contribution is 1.95. The molecule has 0 saturated carbocycles. The van der Waals surface area contributed by atoms with Crippen LogP contribution in [0.1, 0.15) is 20.8 Å². The van der Waals surface area contributed by atoms with E-state index < -0.39 is 12.1 Å². The van der Waals surface area contributed by atoms with Gasteiger partial charge in [-0.15, -0.1) is 0 Å². The van der Waals surface area contributed by atoms with Crippen LogP contribution in [0.4, 0.5) is 0 Å². The first-order chi connectivity index (χ1) is 7.06. The van der Waals surface area contributed by atoms with E-state index in [9.17, 15) is 9.59 Å². The van der Waals surface area contributed by atoms with Gasteiger partial charge in [0.2, 0.25) is 0 Å². The molecule has 0 spiro atoms. The maximum atomic E-state index is 11.1. The van der Waals surface area contributed by atoms with Crippen LogP contribution < -0.4 is 0 Å². The monoisotopic (exact) mass is 208 g/mol. The quantitative estimate of drug-likeness (QED) is 0.395. The molecule has 0 aliphatic rings. The minimum Gasteiger partial charge on any atom is -0.455 e. The van der Waals surface area contributed by atoms with Crippen LogP contribution in [0.15, 0.2) is 36.5 Å². The Hall–Kier alpha value is -1.64. The SMILES string of the molecule is C/C=C/C=C/C(=O)O[C@H](C)/C=C\C(C)=O. The molecule has 3 heteroatoms. The molecule has 0 aromatic rings. The predicted molar refractivity (Wildman–Crippen MR) is 59.3 cm³/mol. The van der Waals surface area contributed by atoms with Gasteiger partial charge in [-0.05, 0) is 32.9 Å². The van der Waals surface area contributed by atoms with Gasteiger partial charge in [-0.1, -0.05) is 18.2 Å². The van der Waals surface area contributed by atoms with Gasteiger partial charge in [-0.2, -0.15) is 0 Å². The fraction of sp³-hybridized carbons (Fsp3) is 0.333. The van der Waals surface area contributed by atoms with E-state index in [1.54, 1.807) is 25.2 Å². The standard InChI is InChI=1S/C12H16O3/c1-4-5-6-7-12(14)15-11(3)9-8-10(2)13/h4-9,11H,1-3H3/b5-4+,7-6+,9-8-/t11-/m1/s1. The zero-order valence-corrected chi connectivity index (χ0v) is 9.27. The van der Waals surface area contributed by atoms with Gasteiger partial charge in [-0.25, -0.2) is 4.79 Å². The van der Waals surface area contributed by atoms with E-state index in [2.05, 4.69) is 0 Å². The lowest BCUT2D eigenvalue weighted by atomic mass is 10.3. The largest absolute Gasteiger partial charge is 0.455 e. The third-order valence-corrected chi connectivity index (χ3v) is 1.44. The summed E-state index contributed by atoms with van der Waals surface area (Å²) in [5.74, 6) is -0.490. The molecule has 0 aromatic carbocycles. The molecule has 0 N–H and O–H groups in total. The van der Waals surface area contributed by atoms with Crippen molar-refractivity contribution in [2.75, 3.05) is 0 Å². The minimum atomic E-state index is -0.422. The topological polar surface area (TPSA) is 43.4 Å². The molecule has 0 amide bonds. The summed E-state index contributed by atoms with van der Waals surface area (Å²) in [6.45, 7) is 4.99. The summed E-state index contributed by atoms with van der Waals surface area (Å²) in [4.78, 5) is 21.7. The number of ether oxygens (including phenoxy) is 1. The molecule has 0 aliphatic heterocycles. The van der Waals surface area contributed by atoms with Crippen molar-refractivity contribution in [3.63, 3.8) is 0 Å². The van der Waals surface area contributed by atoms with Crippen LogP contribution in [-0.4, -0.2) is 17.9 Å². The third kappa shape index (κ3) is 8.68. The summed E-state index contributed by atoms with van der Waals surface area (Å²) < 4.78 is 4.95. The fourth-order valence-corrected chi connectivity index (χ4v) is 0.778. The van der Waals surface area contributed by atoms with Crippen LogP contribution in [-0.2, 0) is 14.3 Å². The summed E-state index contributed by atoms with van der Waals surface area (Å²) in [7, 11) is 0. The zero-order chi connectivity index (χ0) is 11.7. The van der Waals surface area contributed by atoms with Crippen LogP contribution in [0.3, 0.4) is 0 Å². The van der Waals surface area contributed by atoms with Crippen LogP contribution in [0, 0.1) is 0 Å². The molecule has 0 unspecified atom stereocenters. The molecule has 0 aliphatic carbocycles. The second-order valence-electron chi connectivity index (χ2n) is 3.00. The average molecular weight is 208 g/mol. The Morgan fingerprint density at radius 1 is 1.20 bits per heavy atom. The number of rotatable bonds is 5. The molecular weight excluding hydrogens is 192 g/mol. The number of carbonyl (C=O) groups is 2. The normalized spacial score (nSPS) is 13.8. The number of ketones is 1. The second kappa shape index (κ2) is 7.74. The summed E-state index contributed by atoms with van der Waals surface area (Å²) in [6.07, 6.45) is 9.01. The van der Waals surface area contributed by atoms with Gasteiger partial charge >= 0.3 is 5.97 Å². The Bertz CT molecular complexity index is 298. The van der Waals surface area contributed by atoms with Crippen molar-refractivity contribution < 1.29 is 14.3 Å². The molecule has 0 saturated heterocycles. The lowest BCUT2D eigenvalue weighted by molar-refractivity contribution is -0.140. The number of hydrogen-bond donors (Lipinski definition) is 0. The molecular formula is C12H16O3. The van der Waals surface area contributed by atoms with E-state index in [0.717, 1.165) is 0 Å². The highest BCUT2D eigenvalue weighted by molar-refractivity contribution is 5.87. The Morgan fingerprint density at radius 3 is 2.40 bits per heavy atom. The highest BCUT2D eigenvalue weighted by atomic mass is 16.5. The molecule has 0 bridgehead atoms. The summed E-state index contributed by atoms with van der Waals surface area (Å²) in [5.41, 5.74) is 0. The van der Waals surface area contributed by atoms with Gasteiger partial charge in [0.25, 0.3) is 0 Å².